The Hall–Kier alpha value is -3.17. The maximum Gasteiger partial charge on any atom is 0.232 e. The van der Waals surface area contributed by atoms with E-state index >= 15 is 0 Å². The first-order valence-electron chi connectivity index (χ1n) is 9.96. The summed E-state index contributed by atoms with van der Waals surface area (Å²) in [6.07, 6.45) is 0. The smallest absolute Gasteiger partial charge is 0.232 e. The third-order valence-corrected chi connectivity index (χ3v) is 5.90. The van der Waals surface area contributed by atoms with Crippen molar-refractivity contribution in [3.05, 3.63) is 72.2 Å². The highest BCUT2D eigenvalue weighted by Crippen LogP contribution is 2.30. The van der Waals surface area contributed by atoms with E-state index < -0.39 is 0 Å². The molecule has 9 heteroatoms. The van der Waals surface area contributed by atoms with Gasteiger partial charge in [-0.15, -0.1) is 10.2 Å². The Balaban J connectivity index is 1.41. The fourth-order valence-corrected chi connectivity index (χ4v) is 4.25. The van der Waals surface area contributed by atoms with Crippen molar-refractivity contribution in [1.29, 1.82) is 0 Å². The second-order valence-electron chi connectivity index (χ2n) is 7.03. The number of thioether (sulfide) groups is 1. The SMILES string of the molecule is Fc1cccc(-n2c(SCc3cc(-c4ccccc4)no3)nnc2N2CCOCC2)c1. The van der Waals surface area contributed by atoms with Gasteiger partial charge in [-0.3, -0.25) is 4.57 Å². The van der Waals surface area contributed by atoms with Crippen LogP contribution in [0.5, 0.6) is 0 Å². The topological polar surface area (TPSA) is 69.2 Å². The molecule has 1 aliphatic rings. The molecule has 2 aromatic heterocycles. The van der Waals surface area contributed by atoms with Crippen molar-refractivity contribution in [1.82, 2.24) is 19.9 Å². The Labute approximate surface area is 182 Å². The summed E-state index contributed by atoms with van der Waals surface area (Å²) in [5.74, 6) is 1.62. The summed E-state index contributed by atoms with van der Waals surface area (Å²) >= 11 is 1.47. The lowest BCUT2D eigenvalue weighted by molar-refractivity contribution is 0.122. The van der Waals surface area contributed by atoms with Crippen molar-refractivity contribution in [3.63, 3.8) is 0 Å². The Morgan fingerprint density at radius 2 is 1.81 bits per heavy atom. The van der Waals surface area contributed by atoms with E-state index in [1.54, 1.807) is 6.07 Å². The van der Waals surface area contributed by atoms with Crippen LogP contribution >= 0.6 is 11.8 Å². The first-order valence-corrected chi connectivity index (χ1v) is 10.9. The summed E-state index contributed by atoms with van der Waals surface area (Å²) < 4.78 is 26.8. The number of hydrogen-bond acceptors (Lipinski definition) is 7. The molecule has 0 bridgehead atoms. The van der Waals surface area contributed by atoms with Crippen LogP contribution in [0.15, 0.2) is 70.3 Å². The monoisotopic (exact) mass is 437 g/mol. The molecule has 7 nitrogen and oxygen atoms in total. The van der Waals surface area contributed by atoms with Gasteiger partial charge in [-0.05, 0) is 18.2 Å². The van der Waals surface area contributed by atoms with Gasteiger partial charge in [0.05, 0.1) is 24.7 Å². The van der Waals surface area contributed by atoms with E-state index in [1.165, 1.54) is 23.9 Å². The van der Waals surface area contributed by atoms with Crippen molar-refractivity contribution in [2.45, 2.75) is 10.9 Å². The molecule has 1 fully saturated rings. The number of hydrogen-bond donors (Lipinski definition) is 0. The minimum Gasteiger partial charge on any atom is -0.378 e. The molecular weight excluding hydrogens is 417 g/mol. The first kappa shape index (κ1) is 19.8. The first-order chi connectivity index (χ1) is 15.3. The van der Waals surface area contributed by atoms with Crippen molar-refractivity contribution in [2.75, 3.05) is 31.2 Å². The lowest BCUT2D eigenvalue weighted by Crippen LogP contribution is -2.37. The van der Waals surface area contributed by atoms with Crippen LogP contribution in [0, 0.1) is 5.82 Å². The normalized spacial score (nSPS) is 14.2. The maximum atomic E-state index is 14.0. The zero-order valence-electron chi connectivity index (χ0n) is 16.6. The van der Waals surface area contributed by atoms with Gasteiger partial charge in [-0.2, -0.15) is 0 Å². The molecule has 2 aromatic carbocycles. The van der Waals surface area contributed by atoms with Crippen LogP contribution in [0.4, 0.5) is 10.3 Å². The van der Waals surface area contributed by atoms with Gasteiger partial charge in [0, 0.05) is 24.7 Å². The van der Waals surface area contributed by atoms with Crippen LogP contribution in [0.3, 0.4) is 0 Å². The predicted molar refractivity (Wildman–Crippen MR) is 116 cm³/mol. The van der Waals surface area contributed by atoms with Crippen molar-refractivity contribution < 1.29 is 13.7 Å². The molecule has 4 aromatic rings. The number of ether oxygens (including phenoxy) is 1. The van der Waals surface area contributed by atoms with Crippen LogP contribution in [-0.2, 0) is 10.5 Å². The summed E-state index contributed by atoms with van der Waals surface area (Å²) in [5, 5.41) is 13.6. The summed E-state index contributed by atoms with van der Waals surface area (Å²) in [7, 11) is 0. The molecular formula is C22H20FN5O2S. The Bertz CT molecular complexity index is 1160. The number of aromatic nitrogens is 4. The highest BCUT2D eigenvalue weighted by molar-refractivity contribution is 7.98. The second-order valence-corrected chi connectivity index (χ2v) is 7.97. The minimum absolute atomic E-state index is 0.308. The zero-order chi connectivity index (χ0) is 21.0. The van der Waals surface area contributed by atoms with E-state index in [4.69, 9.17) is 9.26 Å². The maximum absolute atomic E-state index is 14.0. The van der Waals surface area contributed by atoms with Crippen LogP contribution in [0.25, 0.3) is 16.9 Å². The molecule has 1 saturated heterocycles. The van der Waals surface area contributed by atoms with Crippen LogP contribution < -0.4 is 4.90 Å². The predicted octanol–water partition coefficient (Wildman–Crippen LogP) is 4.19. The highest BCUT2D eigenvalue weighted by atomic mass is 32.2. The molecule has 5 rings (SSSR count). The largest absolute Gasteiger partial charge is 0.378 e. The molecule has 0 spiro atoms. The van der Waals surface area contributed by atoms with Gasteiger partial charge in [0.1, 0.15) is 17.3 Å². The molecule has 0 atom stereocenters. The summed E-state index contributed by atoms with van der Waals surface area (Å²) in [6, 6.07) is 18.2. The molecule has 0 radical (unpaired) electrons. The van der Waals surface area contributed by atoms with Gasteiger partial charge < -0.3 is 14.2 Å². The number of anilines is 1. The molecule has 0 unspecified atom stereocenters. The Kier molecular flexibility index (Phi) is 5.68. The molecule has 0 aliphatic carbocycles. The summed E-state index contributed by atoms with van der Waals surface area (Å²) in [6.45, 7) is 2.67. The van der Waals surface area contributed by atoms with Crippen LogP contribution in [0.2, 0.25) is 0 Å². The van der Waals surface area contributed by atoms with E-state index in [9.17, 15) is 4.39 Å². The van der Waals surface area contributed by atoms with Crippen molar-refractivity contribution in [2.24, 2.45) is 0 Å². The van der Waals surface area contributed by atoms with Gasteiger partial charge >= 0.3 is 0 Å². The van der Waals surface area contributed by atoms with Crippen LogP contribution in [0.1, 0.15) is 5.76 Å². The average Bonchev–Trinajstić information content (AvgIpc) is 3.46. The number of nitrogens with zero attached hydrogens (tertiary/aromatic N) is 5. The van der Waals surface area contributed by atoms with E-state index in [0.29, 0.717) is 48.8 Å². The average molecular weight is 438 g/mol. The lowest BCUT2D eigenvalue weighted by atomic mass is 10.1. The van der Waals surface area contributed by atoms with E-state index in [2.05, 4.69) is 20.3 Å². The third kappa shape index (κ3) is 4.33. The van der Waals surface area contributed by atoms with E-state index in [-0.39, 0.29) is 5.82 Å². The molecule has 158 valence electrons. The second kappa shape index (κ2) is 8.91. The van der Waals surface area contributed by atoms with E-state index in [0.717, 1.165) is 17.0 Å². The van der Waals surface area contributed by atoms with Crippen molar-refractivity contribution >= 4 is 17.7 Å². The van der Waals surface area contributed by atoms with Gasteiger partial charge in [0.2, 0.25) is 5.95 Å². The number of benzene rings is 2. The van der Waals surface area contributed by atoms with Crippen LogP contribution in [-0.4, -0.2) is 46.2 Å². The zero-order valence-corrected chi connectivity index (χ0v) is 17.5. The number of rotatable bonds is 6. The standard InChI is InChI=1S/C22H20FN5O2S/c23-17-7-4-8-18(13-17)28-21(27-9-11-29-12-10-27)24-25-22(28)31-15-19-14-20(26-30-19)16-5-2-1-3-6-16/h1-8,13-14H,9-12,15H2. The fourth-order valence-electron chi connectivity index (χ4n) is 3.43. The molecule has 31 heavy (non-hydrogen) atoms. The lowest BCUT2D eigenvalue weighted by Gasteiger charge is -2.27. The molecule has 1 aliphatic heterocycles. The van der Waals surface area contributed by atoms with Gasteiger partial charge in [-0.1, -0.05) is 53.3 Å². The molecule has 0 N–H and O–H groups in total. The van der Waals surface area contributed by atoms with Crippen molar-refractivity contribution in [3.8, 4) is 16.9 Å². The fraction of sp³-hybridized carbons (Fsp3) is 0.227. The van der Waals surface area contributed by atoms with E-state index in [1.807, 2.05) is 47.0 Å². The summed E-state index contributed by atoms with van der Waals surface area (Å²) in [4.78, 5) is 2.10. The number of morpholine rings is 1. The van der Waals surface area contributed by atoms with Gasteiger partial charge in [0.25, 0.3) is 0 Å². The minimum atomic E-state index is -0.308. The molecule has 3 heterocycles. The van der Waals surface area contributed by atoms with Gasteiger partial charge in [-0.25, -0.2) is 4.39 Å². The highest BCUT2D eigenvalue weighted by Gasteiger charge is 2.22. The van der Waals surface area contributed by atoms with Gasteiger partial charge in [0.15, 0.2) is 5.16 Å². The number of halogens is 1. The molecule has 0 saturated carbocycles. The Morgan fingerprint density at radius 1 is 0.968 bits per heavy atom. The summed E-state index contributed by atoms with van der Waals surface area (Å²) in [5.41, 5.74) is 2.47. The Morgan fingerprint density at radius 3 is 2.61 bits per heavy atom. The quantitative estimate of drug-likeness (QED) is 0.419. The third-order valence-electron chi connectivity index (χ3n) is 4.95. The molecule has 0 amide bonds.